The van der Waals surface area contributed by atoms with E-state index in [2.05, 4.69) is 21.7 Å². The van der Waals surface area contributed by atoms with Crippen molar-refractivity contribution in [2.75, 3.05) is 33.4 Å². The van der Waals surface area contributed by atoms with Crippen molar-refractivity contribution in [1.82, 2.24) is 15.6 Å². The van der Waals surface area contributed by atoms with Crippen LogP contribution in [0.1, 0.15) is 38.5 Å². The lowest BCUT2D eigenvalue weighted by Crippen LogP contribution is -2.43. The van der Waals surface area contributed by atoms with E-state index in [1.165, 1.54) is 10.4 Å². The summed E-state index contributed by atoms with van der Waals surface area (Å²) in [6.07, 6.45) is 5.23. The average Bonchev–Trinajstić information content (AvgIpc) is 3.15. The Morgan fingerprint density at radius 3 is 3.11 bits per heavy atom. The van der Waals surface area contributed by atoms with E-state index in [9.17, 15) is 4.79 Å². The van der Waals surface area contributed by atoms with Crippen LogP contribution in [0, 0.1) is 0 Å². The van der Waals surface area contributed by atoms with Gasteiger partial charge in [0.05, 0.1) is 18.6 Å². The summed E-state index contributed by atoms with van der Waals surface area (Å²) >= 11 is 1.60. The molecule has 0 aromatic carbocycles. The zero-order valence-electron chi connectivity index (χ0n) is 15.5. The van der Waals surface area contributed by atoms with Gasteiger partial charge >= 0.3 is 0 Å². The average molecular weight is 388 g/mol. The highest BCUT2D eigenvalue weighted by Crippen LogP contribution is 2.44. The maximum atomic E-state index is 12.7. The summed E-state index contributed by atoms with van der Waals surface area (Å²) in [5, 5.41) is 6.43. The van der Waals surface area contributed by atoms with Crippen LogP contribution in [0.25, 0.3) is 0 Å². The van der Waals surface area contributed by atoms with E-state index < -0.39 is 0 Å². The molecule has 1 spiro atoms. The number of amides is 1. The minimum atomic E-state index is -0.189. The number of fused-ring (bicyclic) bond motifs is 2. The van der Waals surface area contributed by atoms with Crippen molar-refractivity contribution in [3.63, 3.8) is 0 Å². The second kappa shape index (κ2) is 7.96. The summed E-state index contributed by atoms with van der Waals surface area (Å²) in [4.78, 5) is 18.9. The van der Waals surface area contributed by atoms with Crippen molar-refractivity contribution in [3.05, 3.63) is 45.3 Å². The first-order valence-corrected chi connectivity index (χ1v) is 10.3. The minimum absolute atomic E-state index is 0.0126. The number of piperidine rings is 1. The molecule has 1 saturated heterocycles. The third-order valence-corrected chi connectivity index (χ3v) is 6.69. The highest BCUT2D eigenvalue weighted by Gasteiger charge is 2.41. The summed E-state index contributed by atoms with van der Waals surface area (Å²) in [6.45, 7) is 3.22. The van der Waals surface area contributed by atoms with Gasteiger partial charge in [-0.3, -0.25) is 4.79 Å². The molecule has 6 nitrogen and oxygen atoms in total. The van der Waals surface area contributed by atoms with Gasteiger partial charge in [0.25, 0.3) is 5.91 Å². The monoisotopic (exact) mass is 387 g/mol. The van der Waals surface area contributed by atoms with Crippen LogP contribution < -0.4 is 15.4 Å². The lowest BCUT2D eigenvalue weighted by atomic mass is 9.86. The van der Waals surface area contributed by atoms with E-state index >= 15 is 0 Å². The number of carbonyl (C=O) groups is 1. The highest BCUT2D eigenvalue weighted by atomic mass is 32.1. The Morgan fingerprint density at radius 1 is 1.44 bits per heavy atom. The van der Waals surface area contributed by atoms with E-state index in [1.807, 2.05) is 12.1 Å². The van der Waals surface area contributed by atoms with Crippen LogP contribution >= 0.6 is 11.3 Å². The van der Waals surface area contributed by atoms with Crippen LogP contribution in [0.4, 0.5) is 0 Å². The van der Waals surface area contributed by atoms with Crippen LogP contribution in [0.15, 0.2) is 24.4 Å². The van der Waals surface area contributed by atoms with E-state index in [0.29, 0.717) is 18.8 Å². The van der Waals surface area contributed by atoms with Crippen LogP contribution in [-0.4, -0.2) is 44.2 Å². The fourth-order valence-electron chi connectivity index (χ4n) is 3.93. The SMILES string of the molecule is COc1ncccc1CCNC(=O)c1cc2c(s1)C1(CCNCC1)OCC2. The molecule has 4 heterocycles. The molecule has 1 amide bonds. The Kier molecular flexibility index (Phi) is 5.43. The van der Waals surface area contributed by atoms with Gasteiger partial charge in [-0.15, -0.1) is 11.3 Å². The van der Waals surface area contributed by atoms with Gasteiger partial charge in [0, 0.05) is 23.2 Å². The Hall–Kier alpha value is -1.96. The number of aromatic nitrogens is 1. The van der Waals surface area contributed by atoms with Gasteiger partial charge in [0.1, 0.15) is 5.60 Å². The predicted molar refractivity (Wildman–Crippen MR) is 105 cm³/mol. The molecule has 2 aromatic rings. The van der Waals surface area contributed by atoms with E-state index in [-0.39, 0.29) is 11.5 Å². The fourth-order valence-corrected chi connectivity index (χ4v) is 5.26. The molecule has 2 aliphatic rings. The van der Waals surface area contributed by atoms with Gasteiger partial charge in [-0.1, -0.05) is 6.07 Å². The number of hydrogen-bond donors (Lipinski definition) is 2. The van der Waals surface area contributed by atoms with Crippen molar-refractivity contribution in [3.8, 4) is 5.88 Å². The largest absolute Gasteiger partial charge is 0.481 e. The van der Waals surface area contributed by atoms with Crippen LogP contribution in [0.3, 0.4) is 0 Å². The molecular weight excluding hydrogens is 362 g/mol. The molecule has 0 aliphatic carbocycles. The smallest absolute Gasteiger partial charge is 0.261 e. The molecular formula is C20H25N3O3S. The molecule has 2 aliphatic heterocycles. The van der Waals surface area contributed by atoms with E-state index in [4.69, 9.17) is 9.47 Å². The quantitative estimate of drug-likeness (QED) is 0.824. The summed E-state index contributed by atoms with van der Waals surface area (Å²) in [7, 11) is 1.61. The first-order chi connectivity index (χ1) is 13.2. The molecule has 2 aromatic heterocycles. The van der Waals surface area contributed by atoms with Gasteiger partial charge in [-0.2, -0.15) is 0 Å². The Labute approximate surface area is 163 Å². The van der Waals surface area contributed by atoms with Gasteiger partial charge in [0.2, 0.25) is 5.88 Å². The molecule has 0 saturated carbocycles. The number of nitrogens with one attached hydrogen (secondary N) is 2. The van der Waals surface area contributed by atoms with Crippen molar-refractivity contribution in [1.29, 1.82) is 0 Å². The number of pyridine rings is 1. The summed E-state index contributed by atoms with van der Waals surface area (Å²) in [5.41, 5.74) is 2.09. The van der Waals surface area contributed by atoms with Crippen LogP contribution in [0.5, 0.6) is 5.88 Å². The molecule has 0 atom stereocenters. The van der Waals surface area contributed by atoms with Crippen molar-refractivity contribution >= 4 is 17.2 Å². The third kappa shape index (κ3) is 3.72. The normalized spacial score (nSPS) is 18.1. The Bertz CT molecular complexity index is 815. The van der Waals surface area contributed by atoms with Crippen molar-refractivity contribution in [2.45, 2.75) is 31.3 Å². The molecule has 2 N–H and O–H groups in total. The van der Waals surface area contributed by atoms with Gasteiger partial charge in [-0.05, 0) is 56.5 Å². The Morgan fingerprint density at radius 2 is 2.30 bits per heavy atom. The molecule has 0 bridgehead atoms. The molecule has 0 radical (unpaired) electrons. The summed E-state index contributed by atoms with van der Waals surface area (Å²) in [6, 6.07) is 5.91. The summed E-state index contributed by atoms with van der Waals surface area (Å²) < 4.78 is 11.5. The van der Waals surface area contributed by atoms with Crippen molar-refractivity contribution in [2.24, 2.45) is 0 Å². The standard InChI is InChI=1S/C20H25N3O3S/c1-25-19-14(3-2-8-23-19)4-9-22-18(24)16-13-15-5-12-26-20(17(15)27-16)6-10-21-11-7-20/h2-3,8,13,21H,4-7,9-12H2,1H3,(H,22,24). The number of carbonyl (C=O) groups excluding carboxylic acids is 1. The van der Waals surface area contributed by atoms with E-state index in [1.54, 1.807) is 24.6 Å². The number of rotatable bonds is 5. The van der Waals surface area contributed by atoms with Crippen LogP contribution in [0.2, 0.25) is 0 Å². The number of thiophene rings is 1. The van der Waals surface area contributed by atoms with Gasteiger partial charge in [0.15, 0.2) is 0 Å². The molecule has 27 heavy (non-hydrogen) atoms. The molecule has 0 unspecified atom stereocenters. The molecule has 144 valence electrons. The maximum Gasteiger partial charge on any atom is 0.261 e. The number of ether oxygens (including phenoxy) is 2. The lowest BCUT2D eigenvalue weighted by Gasteiger charge is -2.40. The second-order valence-corrected chi connectivity index (χ2v) is 8.04. The molecule has 4 rings (SSSR count). The Balaban J connectivity index is 1.43. The van der Waals surface area contributed by atoms with Gasteiger partial charge in [-0.25, -0.2) is 4.98 Å². The first kappa shape index (κ1) is 18.4. The second-order valence-electron chi connectivity index (χ2n) is 6.99. The lowest BCUT2D eigenvalue weighted by molar-refractivity contribution is -0.0771. The molecule has 1 fully saturated rings. The predicted octanol–water partition coefficient (Wildman–Crippen LogP) is 2.28. The number of methoxy groups -OCH3 is 1. The molecule has 7 heteroatoms. The first-order valence-electron chi connectivity index (χ1n) is 9.46. The van der Waals surface area contributed by atoms with Crippen LogP contribution in [-0.2, 0) is 23.2 Å². The minimum Gasteiger partial charge on any atom is -0.481 e. The summed E-state index contributed by atoms with van der Waals surface area (Å²) in [5.74, 6) is 0.602. The third-order valence-electron chi connectivity index (χ3n) is 5.33. The number of nitrogens with zero attached hydrogens (tertiary/aromatic N) is 1. The zero-order chi connectivity index (χ0) is 18.7. The fraction of sp³-hybridized carbons (Fsp3) is 0.500. The maximum absolute atomic E-state index is 12.7. The van der Waals surface area contributed by atoms with Gasteiger partial charge < -0.3 is 20.1 Å². The van der Waals surface area contributed by atoms with E-state index in [0.717, 1.165) is 49.4 Å². The number of hydrogen-bond acceptors (Lipinski definition) is 6. The zero-order valence-corrected chi connectivity index (χ0v) is 16.4. The highest BCUT2D eigenvalue weighted by molar-refractivity contribution is 7.14. The van der Waals surface area contributed by atoms with Crippen molar-refractivity contribution < 1.29 is 14.3 Å². The topological polar surface area (TPSA) is 72.5 Å².